The number of hydrogen-bond acceptors (Lipinski definition) is 5. The Balaban J connectivity index is 2.38. The summed E-state index contributed by atoms with van der Waals surface area (Å²) in [5.41, 5.74) is 1.55. The minimum atomic E-state index is -3.54. The number of ether oxygens (including phenoxy) is 2. The number of nitrogens with one attached hydrogen (secondary N) is 1. The molecule has 0 saturated heterocycles. The lowest BCUT2D eigenvalue weighted by Crippen LogP contribution is -2.33. The van der Waals surface area contributed by atoms with Crippen molar-refractivity contribution in [2.45, 2.75) is 51.2 Å². The van der Waals surface area contributed by atoms with Crippen LogP contribution in [-0.4, -0.2) is 33.4 Å². The molecule has 0 aliphatic carbocycles. The molecule has 0 bridgehead atoms. The molecular weight excluding hydrogens is 378 g/mol. The first kappa shape index (κ1) is 22.0. The Morgan fingerprint density at radius 3 is 2.36 bits per heavy atom. The van der Waals surface area contributed by atoms with Crippen LogP contribution >= 0.6 is 0 Å². The minimum Gasteiger partial charge on any atom is -0.496 e. The summed E-state index contributed by atoms with van der Waals surface area (Å²) in [5.74, 6) is 0.533. The van der Waals surface area contributed by atoms with Crippen molar-refractivity contribution in [1.29, 1.82) is 0 Å². The highest BCUT2D eigenvalue weighted by molar-refractivity contribution is 7.94. The molecule has 6 nitrogen and oxygen atoms in total. The van der Waals surface area contributed by atoms with Gasteiger partial charge in [-0.1, -0.05) is 12.1 Å². The number of benzene rings is 2. The Morgan fingerprint density at radius 1 is 1.04 bits per heavy atom. The lowest BCUT2D eigenvalue weighted by atomic mass is 9.97. The van der Waals surface area contributed by atoms with Gasteiger partial charge in [0.15, 0.2) is 0 Å². The van der Waals surface area contributed by atoms with Crippen LogP contribution in [-0.2, 0) is 26.0 Å². The molecule has 0 unspecified atom stereocenters. The second-order valence-corrected chi connectivity index (χ2v) is 10.1. The van der Waals surface area contributed by atoms with E-state index < -0.39 is 14.8 Å². The average molecular weight is 408 g/mol. The first-order valence-electron chi connectivity index (χ1n) is 9.28. The van der Waals surface area contributed by atoms with Gasteiger partial charge in [-0.15, -0.1) is 0 Å². The van der Waals surface area contributed by atoms with Crippen LogP contribution in [0.25, 0.3) is 10.8 Å². The van der Waals surface area contributed by atoms with E-state index in [1.807, 2.05) is 24.3 Å². The molecule has 28 heavy (non-hydrogen) atoms. The van der Waals surface area contributed by atoms with E-state index in [0.29, 0.717) is 24.9 Å². The molecular formula is C21H29NO5S. The van der Waals surface area contributed by atoms with Crippen LogP contribution in [0.3, 0.4) is 0 Å². The highest BCUT2D eigenvalue weighted by Gasteiger charge is 2.29. The Hall–Kier alpha value is -2.28. The number of carbonyl (C=O) groups excluding carboxylic acids is 1. The molecule has 0 atom stereocenters. The number of fused-ring (bicyclic) bond motifs is 1. The number of unbranched alkanes of at least 4 members (excludes halogenated alkanes) is 1. The summed E-state index contributed by atoms with van der Waals surface area (Å²) in [6.45, 7) is 4.99. The summed E-state index contributed by atoms with van der Waals surface area (Å²) in [5, 5.41) is 1.76. The van der Waals surface area contributed by atoms with Crippen LogP contribution in [0.5, 0.6) is 5.75 Å². The Bertz CT molecular complexity index is 945. The molecule has 0 aliphatic heterocycles. The van der Waals surface area contributed by atoms with Crippen molar-refractivity contribution < 1.29 is 22.7 Å². The zero-order valence-corrected chi connectivity index (χ0v) is 18.0. The number of esters is 1. The highest BCUT2D eigenvalue weighted by Crippen LogP contribution is 2.34. The normalized spacial score (nSPS) is 12.0. The topological polar surface area (TPSA) is 81.7 Å². The fourth-order valence-electron chi connectivity index (χ4n) is 2.91. The van der Waals surface area contributed by atoms with Crippen molar-refractivity contribution in [1.82, 2.24) is 0 Å². The monoisotopic (exact) mass is 407 g/mol. The molecule has 0 amide bonds. The minimum absolute atomic E-state index is 0.219. The second kappa shape index (κ2) is 8.82. The summed E-state index contributed by atoms with van der Waals surface area (Å²) < 4.78 is 37.2. The third-order valence-electron chi connectivity index (χ3n) is 4.69. The summed E-state index contributed by atoms with van der Waals surface area (Å²) in [6.07, 6.45) is 2.60. The van der Waals surface area contributed by atoms with E-state index in [1.54, 1.807) is 33.9 Å². The largest absolute Gasteiger partial charge is 0.496 e. The van der Waals surface area contributed by atoms with Gasteiger partial charge in [0.05, 0.1) is 24.7 Å². The third-order valence-corrected chi connectivity index (χ3v) is 6.79. The molecule has 0 fully saturated rings. The zero-order chi connectivity index (χ0) is 20.9. The Kier molecular flexibility index (Phi) is 6.93. The number of methoxy groups -OCH3 is 2. The molecule has 0 aromatic heterocycles. The molecule has 0 aliphatic rings. The molecule has 0 spiro atoms. The SMILES string of the molecule is COC(=O)CCCCc1c(OC)ccc2c(NS(=O)(=O)C(C)(C)C)cccc12. The number of aryl methyl sites for hydroxylation is 1. The standard InChI is InChI=1S/C21H29NO5S/c1-21(2,3)28(24,25)22-18-11-8-10-15-16(18)13-14-19(26-4)17(15)9-6-7-12-20(23)27-5/h8,10-11,13-14,22H,6-7,9,12H2,1-5H3. The van der Waals surface area contributed by atoms with E-state index in [-0.39, 0.29) is 5.97 Å². The Labute approximate surface area is 167 Å². The van der Waals surface area contributed by atoms with E-state index in [9.17, 15) is 13.2 Å². The van der Waals surface area contributed by atoms with Crippen molar-refractivity contribution in [3.05, 3.63) is 35.9 Å². The molecule has 2 rings (SSSR count). The van der Waals surface area contributed by atoms with Crippen molar-refractivity contribution >= 4 is 32.5 Å². The summed E-state index contributed by atoms with van der Waals surface area (Å²) in [4.78, 5) is 11.3. The van der Waals surface area contributed by atoms with Gasteiger partial charge in [0, 0.05) is 17.4 Å². The molecule has 0 saturated carbocycles. The maximum absolute atomic E-state index is 12.6. The predicted octanol–water partition coefficient (Wildman–Crippen LogP) is 4.27. The summed E-state index contributed by atoms with van der Waals surface area (Å²) in [7, 11) is -0.535. The van der Waals surface area contributed by atoms with Gasteiger partial charge in [-0.3, -0.25) is 9.52 Å². The predicted molar refractivity (Wildman–Crippen MR) is 112 cm³/mol. The lowest BCUT2D eigenvalue weighted by Gasteiger charge is -2.22. The number of anilines is 1. The van der Waals surface area contributed by atoms with Gasteiger partial charge in [-0.2, -0.15) is 0 Å². The van der Waals surface area contributed by atoms with Crippen LogP contribution in [0.15, 0.2) is 30.3 Å². The van der Waals surface area contributed by atoms with E-state index in [1.165, 1.54) is 7.11 Å². The van der Waals surface area contributed by atoms with Crippen molar-refractivity contribution in [3.8, 4) is 5.75 Å². The van der Waals surface area contributed by atoms with Gasteiger partial charge in [0.2, 0.25) is 10.0 Å². The average Bonchev–Trinajstić information content (AvgIpc) is 2.63. The van der Waals surface area contributed by atoms with Gasteiger partial charge in [-0.05, 0) is 63.6 Å². The fourth-order valence-corrected chi connectivity index (χ4v) is 3.68. The zero-order valence-electron chi connectivity index (χ0n) is 17.2. The molecule has 154 valence electrons. The van der Waals surface area contributed by atoms with E-state index >= 15 is 0 Å². The number of carbonyl (C=O) groups is 1. The van der Waals surface area contributed by atoms with E-state index in [4.69, 9.17) is 4.74 Å². The van der Waals surface area contributed by atoms with Crippen LogP contribution in [0.1, 0.15) is 45.6 Å². The van der Waals surface area contributed by atoms with Crippen molar-refractivity contribution in [2.24, 2.45) is 0 Å². The number of rotatable bonds is 8. The highest BCUT2D eigenvalue weighted by atomic mass is 32.2. The number of hydrogen-bond donors (Lipinski definition) is 1. The van der Waals surface area contributed by atoms with Gasteiger partial charge < -0.3 is 9.47 Å². The van der Waals surface area contributed by atoms with Gasteiger partial charge >= 0.3 is 5.97 Å². The third kappa shape index (κ3) is 4.95. The fraction of sp³-hybridized carbons (Fsp3) is 0.476. The van der Waals surface area contributed by atoms with Gasteiger partial charge in [0.1, 0.15) is 5.75 Å². The van der Waals surface area contributed by atoms with Crippen molar-refractivity contribution in [3.63, 3.8) is 0 Å². The molecule has 2 aromatic rings. The van der Waals surface area contributed by atoms with Crippen LogP contribution in [0, 0.1) is 0 Å². The van der Waals surface area contributed by atoms with Crippen molar-refractivity contribution in [2.75, 3.05) is 18.9 Å². The molecule has 2 aromatic carbocycles. The van der Waals surface area contributed by atoms with Gasteiger partial charge in [0.25, 0.3) is 0 Å². The maximum Gasteiger partial charge on any atom is 0.305 e. The van der Waals surface area contributed by atoms with E-state index in [0.717, 1.165) is 28.5 Å². The summed E-state index contributed by atoms with van der Waals surface area (Å²) in [6, 6.07) is 9.28. The van der Waals surface area contributed by atoms with Gasteiger partial charge in [-0.25, -0.2) is 8.42 Å². The lowest BCUT2D eigenvalue weighted by molar-refractivity contribution is -0.140. The maximum atomic E-state index is 12.6. The van der Waals surface area contributed by atoms with Crippen LogP contribution in [0.2, 0.25) is 0 Å². The first-order chi connectivity index (χ1) is 13.1. The number of sulfonamides is 1. The quantitative estimate of drug-likeness (QED) is 0.522. The van der Waals surface area contributed by atoms with Crippen LogP contribution < -0.4 is 9.46 Å². The molecule has 0 heterocycles. The first-order valence-corrected chi connectivity index (χ1v) is 10.8. The molecule has 7 heteroatoms. The Morgan fingerprint density at radius 2 is 1.75 bits per heavy atom. The molecule has 0 radical (unpaired) electrons. The molecule has 1 N–H and O–H groups in total. The second-order valence-electron chi connectivity index (χ2n) is 7.65. The van der Waals surface area contributed by atoms with Crippen LogP contribution in [0.4, 0.5) is 5.69 Å². The van der Waals surface area contributed by atoms with E-state index in [2.05, 4.69) is 9.46 Å². The smallest absolute Gasteiger partial charge is 0.305 e. The summed E-state index contributed by atoms with van der Waals surface area (Å²) >= 11 is 0.